The van der Waals surface area contributed by atoms with Gasteiger partial charge in [-0.05, 0) is 43.2 Å². The molecular weight excluding hydrogens is 347 g/mol. The smallest absolute Gasteiger partial charge is 0.261 e. The highest BCUT2D eigenvalue weighted by Gasteiger charge is 2.08. The van der Waals surface area contributed by atoms with Crippen LogP contribution < -0.4 is 10.3 Å². The van der Waals surface area contributed by atoms with Gasteiger partial charge in [0.25, 0.3) is 5.56 Å². The van der Waals surface area contributed by atoms with Crippen LogP contribution in [0.3, 0.4) is 0 Å². The van der Waals surface area contributed by atoms with E-state index in [4.69, 9.17) is 27.9 Å². The van der Waals surface area contributed by atoms with Crippen molar-refractivity contribution < 1.29 is 4.74 Å². The molecule has 4 nitrogen and oxygen atoms in total. The zero-order valence-corrected chi connectivity index (χ0v) is 14.6. The third-order valence-corrected chi connectivity index (χ3v) is 4.21. The summed E-state index contributed by atoms with van der Waals surface area (Å²) in [4.78, 5) is 16.7. The summed E-state index contributed by atoms with van der Waals surface area (Å²) < 4.78 is 7.34. The molecule has 0 bridgehead atoms. The second-order valence-electron chi connectivity index (χ2n) is 5.50. The fourth-order valence-electron chi connectivity index (χ4n) is 2.55. The normalized spacial score (nSPS) is 11.0. The van der Waals surface area contributed by atoms with Crippen LogP contribution in [0, 0.1) is 6.92 Å². The van der Waals surface area contributed by atoms with Crippen molar-refractivity contribution >= 4 is 34.1 Å². The predicted molar refractivity (Wildman–Crippen MR) is 97.3 cm³/mol. The molecule has 1 heterocycles. The SMILES string of the molecule is Cc1cc(Cl)cc(Cl)c1OCCCn1cnc2ccccc2c1=O. The van der Waals surface area contributed by atoms with Crippen LogP contribution in [0.2, 0.25) is 10.0 Å². The molecule has 0 aliphatic heterocycles. The minimum atomic E-state index is -0.0405. The number of aryl methyl sites for hydroxylation is 2. The van der Waals surface area contributed by atoms with Gasteiger partial charge in [-0.15, -0.1) is 0 Å². The maximum atomic E-state index is 12.4. The number of benzene rings is 2. The van der Waals surface area contributed by atoms with E-state index in [0.29, 0.717) is 46.3 Å². The van der Waals surface area contributed by atoms with Crippen molar-refractivity contribution in [3.63, 3.8) is 0 Å². The molecule has 0 aliphatic carbocycles. The van der Waals surface area contributed by atoms with E-state index in [1.807, 2.05) is 25.1 Å². The molecule has 124 valence electrons. The van der Waals surface area contributed by atoms with Gasteiger partial charge in [0.05, 0.1) is 28.9 Å². The molecule has 0 radical (unpaired) electrons. The molecule has 0 saturated carbocycles. The third-order valence-electron chi connectivity index (χ3n) is 3.72. The number of ether oxygens (including phenoxy) is 1. The lowest BCUT2D eigenvalue weighted by Gasteiger charge is -2.12. The number of fused-ring (bicyclic) bond motifs is 1. The van der Waals surface area contributed by atoms with E-state index in [1.54, 1.807) is 29.1 Å². The van der Waals surface area contributed by atoms with E-state index in [-0.39, 0.29) is 5.56 Å². The maximum Gasteiger partial charge on any atom is 0.261 e. The zero-order valence-electron chi connectivity index (χ0n) is 13.1. The highest BCUT2D eigenvalue weighted by molar-refractivity contribution is 6.35. The molecule has 0 amide bonds. The second kappa shape index (κ2) is 7.24. The minimum Gasteiger partial charge on any atom is -0.492 e. The van der Waals surface area contributed by atoms with Crippen molar-refractivity contribution in [1.29, 1.82) is 0 Å². The Morgan fingerprint density at radius 1 is 1.21 bits per heavy atom. The van der Waals surface area contributed by atoms with Crippen LogP contribution in [0.25, 0.3) is 10.9 Å². The molecule has 2 aromatic carbocycles. The van der Waals surface area contributed by atoms with Crippen molar-refractivity contribution in [3.05, 3.63) is 68.7 Å². The fraction of sp³-hybridized carbons (Fsp3) is 0.222. The second-order valence-corrected chi connectivity index (χ2v) is 6.34. The lowest BCUT2D eigenvalue weighted by atomic mass is 10.2. The summed E-state index contributed by atoms with van der Waals surface area (Å²) in [5.41, 5.74) is 1.55. The van der Waals surface area contributed by atoms with Crippen LogP contribution in [-0.4, -0.2) is 16.2 Å². The van der Waals surface area contributed by atoms with Gasteiger partial charge in [-0.1, -0.05) is 35.3 Å². The average molecular weight is 363 g/mol. The Kier molecular flexibility index (Phi) is 5.07. The summed E-state index contributed by atoms with van der Waals surface area (Å²) in [7, 11) is 0. The first-order valence-electron chi connectivity index (χ1n) is 7.59. The molecule has 24 heavy (non-hydrogen) atoms. The van der Waals surface area contributed by atoms with Gasteiger partial charge in [-0.2, -0.15) is 0 Å². The summed E-state index contributed by atoms with van der Waals surface area (Å²) in [6, 6.07) is 10.8. The van der Waals surface area contributed by atoms with Crippen molar-refractivity contribution in [2.75, 3.05) is 6.61 Å². The molecule has 6 heteroatoms. The summed E-state index contributed by atoms with van der Waals surface area (Å²) >= 11 is 12.1. The molecular formula is C18H16Cl2N2O2. The summed E-state index contributed by atoms with van der Waals surface area (Å²) in [6.45, 7) is 2.87. The van der Waals surface area contributed by atoms with Crippen molar-refractivity contribution in [2.45, 2.75) is 19.9 Å². The van der Waals surface area contributed by atoms with Gasteiger partial charge in [0.1, 0.15) is 5.75 Å². The van der Waals surface area contributed by atoms with E-state index in [9.17, 15) is 4.79 Å². The van der Waals surface area contributed by atoms with Crippen molar-refractivity contribution in [1.82, 2.24) is 9.55 Å². The molecule has 3 aromatic rings. The average Bonchev–Trinajstić information content (AvgIpc) is 2.55. The van der Waals surface area contributed by atoms with Crippen molar-refractivity contribution in [3.8, 4) is 5.75 Å². The van der Waals surface area contributed by atoms with Crippen LogP contribution >= 0.6 is 23.2 Å². The quantitative estimate of drug-likeness (QED) is 0.628. The van der Waals surface area contributed by atoms with Crippen LogP contribution in [0.15, 0.2) is 47.5 Å². The van der Waals surface area contributed by atoms with Gasteiger partial charge in [-0.3, -0.25) is 9.36 Å². The predicted octanol–water partition coefficient (Wildman–Crippen LogP) is 4.48. The molecule has 0 spiro atoms. The number of rotatable bonds is 5. The highest BCUT2D eigenvalue weighted by atomic mass is 35.5. The van der Waals surface area contributed by atoms with E-state index in [1.165, 1.54) is 0 Å². The number of nitrogens with zero attached hydrogens (tertiary/aromatic N) is 2. The fourth-order valence-corrected chi connectivity index (χ4v) is 3.20. The van der Waals surface area contributed by atoms with Crippen LogP contribution in [0.1, 0.15) is 12.0 Å². The first-order valence-corrected chi connectivity index (χ1v) is 8.34. The molecule has 0 N–H and O–H groups in total. The molecule has 0 fully saturated rings. The summed E-state index contributed by atoms with van der Waals surface area (Å²) in [5.74, 6) is 0.630. The van der Waals surface area contributed by atoms with E-state index >= 15 is 0 Å². The Bertz CT molecular complexity index is 915. The Hall–Kier alpha value is -2.04. The highest BCUT2D eigenvalue weighted by Crippen LogP contribution is 2.31. The molecule has 0 aliphatic rings. The van der Waals surface area contributed by atoms with Gasteiger partial charge >= 0.3 is 0 Å². The van der Waals surface area contributed by atoms with Gasteiger partial charge < -0.3 is 4.74 Å². The topological polar surface area (TPSA) is 44.1 Å². The van der Waals surface area contributed by atoms with E-state index in [0.717, 1.165) is 5.56 Å². The maximum absolute atomic E-state index is 12.4. The summed E-state index contributed by atoms with van der Waals surface area (Å²) in [5, 5.41) is 1.70. The third kappa shape index (κ3) is 3.55. The lowest BCUT2D eigenvalue weighted by molar-refractivity contribution is 0.299. The first-order chi connectivity index (χ1) is 11.6. The Labute approximate surface area is 149 Å². The standard InChI is InChI=1S/C18H16Cl2N2O2/c1-12-9-13(19)10-15(20)17(12)24-8-4-7-22-11-21-16-6-3-2-5-14(16)18(22)23/h2-3,5-6,9-11H,4,7-8H2,1H3. The molecule has 0 saturated heterocycles. The number of aromatic nitrogens is 2. The van der Waals surface area contributed by atoms with Gasteiger partial charge in [0, 0.05) is 11.6 Å². The Morgan fingerprint density at radius 2 is 2.00 bits per heavy atom. The molecule has 0 atom stereocenters. The van der Waals surface area contributed by atoms with Gasteiger partial charge in [0.2, 0.25) is 0 Å². The van der Waals surface area contributed by atoms with Crippen LogP contribution in [-0.2, 0) is 6.54 Å². The number of para-hydroxylation sites is 1. The zero-order chi connectivity index (χ0) is 17.1. The monoisotopic (exact) mass is 362 g/mol. The first kappa shape index (κ1) is 16.8. The van der Waals surface area contributed by atoms with Crippen LogP contribution in [0.5, 0.6) is 5.75 Å². The van der Waals surface area contributed by atoms with Gasteiger partial charge in [0.15, 0.2) is 0 Å². The summed E-state index contributed by atoms with van der Waals surface area (Å²) in [6.07, 6.45) is 2.24. The molecule has 1 aromatic heterocycles. The van der Waals surface area contributed by atoms with Gasteiger partial charge in [-0.25, -0.2) is 4.98 Å². The Balaban J connectivity index is 1.65. The number of hydrogen-bond donors (Lipinski definition) is 0. The van der Waals surface area contributed by atoms with Crippen molar-refractivity contribution in [2.24, 2.45) is 0 Å². The lowest BCUT2D eigenvalue weighted by Crippen LogP contribution is -2.21. The van der Waals surface area contributed by atoms with E-state index < -0.39 is 0 Å². The molecule has 0 unspecified atom stereocenters. The minimum absolute atomic E-state index is 0.0405. The number of halogens is 2. The largest absolute Gasteiger partial charge is 0.492 e. The Morgan fingerprint density at radius 3 is 2.79 bits per heavy atom. The van der Waals surface area contributed by atoms with E-state index in [2.05, 4.69) is 4.98 Å². The number of hydrogen-bond acceptors (Lipinski definition) is 3. The van der Waals surface area contributed by atoms with Crippen LogP contribution in [0.4, 0.5) is 0 Å². The molecule has 3 rings (SSSR count).